The summed E-state index contributed by atoms with van der Waals surface area (Å²) in [4.78, 5) is 14.1. The Morgan fingerprint density at radius 1 is 1.36 bits per heavy atom. The van der Waals surface area contributed by atoms with E-state index in [9.17, 15) is 9.18 Å². The molecule has 1 aromatic carbocycles. The number of hydrogen-bond acceptors (Lipinski definition) is 4. The van der Waals surface area contributed by atoms with E-state index in [4.69, 9.17) is 17.0 Å². The lowest BCUT2D eigenvalue weighted by Crippen LogP contribution is -2.48. The van der Waals surface area contributed by atoms with Gasteiger partial charge in [0, 0.05) is 30.2 Å². The van der Waals surface area contributed by atoms with E-state index in [0.717, 1.165) is 5.56 Å². The Hall–Kier alpha value is -2.74. The average molecular weight is 360 g/mol. The molecule has 0 amide bonds. The smallest absolute Gasteiger partial charge is 0.337 e. The number of allylic oxidation sites excluding steroid dienone is 1. The van der Waals surface area contributed by atoms with Gasteiger partial charge in [-0.2, -0.15) is 5.10 Å². The zero-order chi connectivity index (χ0) is 18.1. The van der Waals surface area contributed by atoms with Gasteiger partial charge in [-0.15, -0.1) is 0 Å². The summed E-state index contributed by atoms with van der Waals surface area (Å²) in [6.07, 6.45) is 3.48. The van der Waals surface area contributed by atoms with Crippen LogP contribution in [-0.2, 0) is 16.6 Å². The lowest BCUT2D eigenvalue weighted by atomic mass is 9.97. The number of halogens is 1. The highest BCUT2D eigenvalue weighted by atomic mass is 32.1. The maximum absolute atomic E-state index is 13.2. The number of thiocarbonyl (C=S) groups is 1. The van der Waals surface area contributed by atoms with Crippen LogP contribution in [0.15, 0.2) is 47.9 Å². The third kappa shape index (κ3) is 3.12. The van der Waals surface area contributed by atoms with Crippen molar-refractivity contribution in [1.29, 1.82) is 0 Å². The van der Waals surface area contributed by atoms with Crippen LogP contribution in [0.3, 0.4) is 0 Å². The summed E-state index contributed by atoms with van der Waals surface area (Å²) in [5.74, 6) is -0.809. The van der Waals surface area contributed by atoms with E-state index in [1.807, 2.05) is 6.20 Å². The van der Waals surface area contributed by atoms with Crippen molar-refractivity contribution in [2.75, 3.05) is 12.0 Å². The monoisotopic (exact) mass is 360 g/mol. The number of methoxy groups -OCH3 is 1. The van der Waals surface area contributed by atoms with Crippen LogP contribution in [0.5, 0.6) is 0 Å². The van der Waals surface area contributed by atoms with Gasteiger partial charge >= 0.3 is 5.97 Å². The number of carbonyl (C=O) groups excluding carboxylic acids is 1. The summed E-state index contributed by atoms with van der Waals surface area (Å²) >= 11 is 5.49. The Morgan fingerprint density at radius 2 is 2.04 bits per heavy atom. The number of aryl methyl sites for hydroxylation is 1. The van der Waals surface area contributed by atoms with Gasteiger partial charge in [0.2, 0.25) is 0 Å². The van der Waals surface area contributed by atoms with Crippen molar-refractivity contribution < 1.29 is 13.9 Å². The molecule has 0 spiro atoms. The number of ether oxygens (including phenoxy) is 1. The van der Waals surface area contributed by atoms with Crippen LogP contribution in [0.25, 0.3) is 0 Å². The van der Waals surface area contributed by atoms with E-state index in [-0.39, 0.29) is 5.82 Å². The van der Waals surface area contributed by atoms with Crippen molar-refractivity contribution in [3.8, 4) is 0 Å². The van der Waals surface area contributed by atoms with E-state index >= 15 is 0 Å². The molecule has 1 aliphatic heterocycles. The van der Waals surface area contributed by atoms with E-state index < -0.39 is 12.0 Å². The van der Waals surface area contributed by atoms with Gasteiger partial charge in [-0.05, 0) is 43.4 Å². The highest BCUT2D eigenvalue weighted by molar-refractivity contribution is 7.80. The van der Waals surface area contributed by atoms with Gasteiger partial charge < -0.3 is 10.1 Å². The Balaban J connectivity index is 2.12. The van der Waals surface area contributed by atoms with Crippen LogP contribution in [0.1, 0.15) is 18.5 Å². The number of aromatic nitrogens is 2. The van der Waals surface area contributed by atoms with Crippen molar-refractivity contribution in [2.45, 2.75) is 13.0 Å². The third-order valence-corrected chi connectivity index (χ3v) is 4.33. The van der Waals surface area contributed by atoms with E-state index in [1.165, 1.54) is 19.2 Å². The van der Waals surface area contributed by atoms with E-state index in [1.54, 1.807) is 41.9 Å². The third-order valence-electron chi connectivity index (χ3n) is 4.03. The summed E-state index contributed by atoms with van der Waals surface area (Å²) in [5, 5.41) is 7.72. The Morgan fingerprint density at radius 3 is 2.60 bits per heavy atom. The maximum atomic E-state index is 13.2. The molecule has 3 rings (SSSR count). The number of nitrogens with zero attached hydrogens (tertiary/aromatic N) is 3. The fourth-order valence-corrected chi connectivity index (χ4v) is 3.22. The van der Waals surface area contributed by atoms with E-state index in [0.29, 0.717) is 22.1 Å². The molecule has 0 unspecified atom stereocenters. The number of anilines is 1. The SMILES string of the molecule is COC(=O)C1=C(C)N(c2ccc(F)cc2)C(=S)N[C@H]1c1cnn(C)c1. The highest BCUT2D eigenvalue weighted by Gasteiger charge is 2.35. The first kappa shape index (κ1) is 17.1. The second-order valence-electron chi connectivity index (χ2n) is 5.63. The molecule has 1 aromatic heterocycles. The molecule has 0 aliphatic carbocycles. The zero-order valence-corrected chi connectivity index (χ0v) is 14.8. The van der Waals surface area contributed by atoms with Gasteiger partial charge in [-0.1, -0.05) is 0 Å². The molecule has 0 bridgehead atoms. The zero-order valence-electron chi connectivity index (χ0n) is 14.0. The van der Waals surface area contributed by atoms with Crippen LogP contribution in [0, 0.1) is 5.82 Å². The normalized spacial score (nSPS) is 17.5. The topological polar surface area (TPSA) is 59.4 Å². The molecule has 0 saturated carbocycles. The van der Waals surface area contributed by atoms with Crippen molar-refractivity contribution in [1.82, 2.24) is 15.1 Å². The molecule has 25 heavy (non-hydrogen) atoms. The lowest BCUT2D eigenvalue weighted by Gasteiger charge is -2.37. The lowest BCUT2D eigenvalue weighted by molar-refractivity contribution is -0.136. The van der Waals surface area contributed by atoms with Crippen molar-refractivity contribution in [3.05, 3.63) is 59.3 Å². The van der Waals surface area contributed by atoms with Crippen molar-refractivity contribution in [3.63, 3.8) is 0 Å². The van der Waals surface area contributed by atoms with Crippen LogP contribution in [-0.4, -0.2) is 28.0 Å². The first-order chi connectivity index (χ1) is 11.9. The Kier molecular flexibility index (Phi) is 4.54. The molecule has 2 heterocycles. The minimum atomic E-state index is -0.467. The predicted octanol–water partition coefficient (Wildman–Crippen LogP) is 2.44. The van der Waals surface area contributed by atoms with Gasteiger partial charge in [-0.3, -0.25) is 9.58 Å². The number of benzene rings is 1. The van der Waals surface area contributed by atoms with Gasteiger partial charge in [0.05, 0.1) is 24.9 Å². The summed E-state index contributed by atoms with van der Waals surface area (Å²) in [6, 6.07) is 5.43. The fourth-order valence-electron chi connectivity index (χ4n) is 2.86. The summed E-state index contributed by atoms with van der Waals surface area (Å²) in [5.41, 5.74) is 2.50. The number of nitrogens with one attached hydrogen (secondary N) is 1. The van der Waals surface area contributed by atoms with Crippen LogP contribution in [0.2, 0.25) is 0 Å². The quantitative estimate of drug-likeness (QED) is 0.670. The molecule has 1 atom stereocenters. The van der Waals surface area contributed by atoms with Gasteiger partial charge in [0.25, 0.3) is 0 Å². The molecule has 6 nitrogen and oxygen atoms in total. The number of carbonyl (C=O) groups is 1. The summed E-state index contributed by atoms with van der Waals surface area (Å²) in [7, 11) is 3.13. The number of esters is 1. The van der Waals surface area contributed by atoms with Gasteiger partial charge in [-0.25, -0.2) is 9.18 Å². The number of hydrogen-bond donors (Lipinski definition) is 1. The average Bonchev–Trinajstić information content (AvgIpc) is 3.02. The standard InChI is InChI=1S/C17H17FN4O2S/c1-10-14(16(23)24-3)15(11-8-19-21(2)9-11)20-17(25)22(10)13-6-4-12(18)5-7-13/h4-9,15H,1-3H3,(H,20,25)/t15-/m0/s1. The first-order valence-corrected chi connectivity index (χ1v) is 7.97. The number of rotatable bonds is 3. The molecule has 0 saturated heterocycles. The molecule has 1 N–H and O–H groups in total. The fraction of sp³-hybridized carbons (Fsp3) is 0.235. The van der Waals surface area contributed by atoms with Crippen LogP contribution in [0.4, 0.5) is 10.1 Å². The first-order valence-electron chi connectivity index (χ1n) is 7.56. The molecular weight excluding hydrogens is 343 g/mol. The molecular formula is C17H17FN4O2S. The Labute approximate surface area is 149 Å². The molecule has 2 aromatic rings. The molecule has 130 valence electrons. The Bertz CT molecular complexity index is 860. The predicted molar refractivity (Wildman–Crippen MR) is 95.3 cm³/mol. The van der Waals surface area contributed by atoms with Crippen molar-refractivity contribution >= 4 is 29.0 Å². The largest absolute Gasteiger partial charge is 0.466 e. The van der Waals surface area contributed by atoms with Crippen molar-refractivity contribution in [2.24, 2.45) is 7.05 Å². The molecule has 1 aliphatic rings. The minimum absolute atomic E-state index is 0.345. The second-order valence-corrected chi connectivity index (χ2v) is 6.02. The van der Waals surface area contributed by atoms with E-state index in [2.05, 4.69) is 10.4 Å². The van der Waals surface area contributed by atoms with Crippen LogP contribution >= 0.6 is 12.2 Å². The molecule has 0 radical (unpaired) electrons. The summed E-state index contributed by atoms with van der Waals surface area (Å²) < 4.78 is 19.8. The van der Waals surface area contributed by atoms with Gasteiger partial charge in [0.1, 0.15) is 5.82 Å². The molecule has 8 heteroatoms. The highest BCUT2D eigenvalue weighted by Crippen LogP contribution is 2.33. The van der Waals surface area contributed by atoms with Gasteiger partial charge in [0.15, 0.2) is 5.11 Å². The van der Waals surface area contributed by atoms with Crippen LogP contribution < -0.4 is 10.2 Å². The minimum Gasteiger partial charge on any atom is -0.466 e. The molecule has 0 fully saturated rings. The maximum Gasteiger partial charge on any atom is 0.337 e. The summed E-state index contributed by atoms with van der Waals surface area (Å²) in [6.45, 7) is 1.78. The second kappa shape index (κ2) is 6.64.